The maximum Gasteiger partial charge on any atom is 0.262 e. The molecule has 0 saturated heterocycles. The van der Waals surface area contributed by atoms with Crippen LogP contribution >= 0.6 is 0 Å². The lowest BCUT2D eigenvalue weighted by Gasteiger charge is -2.44. The Bertz CT molecular complexity index is 1310. The predicted molar refractivity (Wildman–Crippen MR) is 141 cm³/mol. The van der Waals surface area contributed by atoms with E-state index in [2.05, 4.69) is 42.6 Å². The van der Waals surface area contributed by atoms with E-state index in [0.29, 0.717) is 24.5 Å². The van der Waals surface area contributed by atoms with Crippen LogP contribution in [0.5, 0.6) is 0 Å². The summed E-state index contributed by atoms with van der Waals surface area (Å²) in [5, 5.41) is 7.79. The highest BCUT2D eigenvalue weighted by molar-refractivity contribution is 7.89. The first-order chi connectivity index (χ1) is 17.2. The highest BCUT2D eigenvalue weighted by Crippen LogP contribution is 2.58. The molecule has 0 aliphatic heterocycles. The summed E-state index contributed by atoms with van der Waals surface area (Å²) in [5.41, 5.74) is -0.286. The molecule has 1 saturated carbocycles. The molecule has 0 bridgehead atoms. The topological polar surface area (TPSA) is 79.9 Å². The van der Waals surface area contributed by atoms with E-state index in [-0.39, 0.29) is 27.6 Å². The summed E-state index contributed by atoms with van der Waals surface area (Å²) in [7, 11) is -0.576. The number of aromatic nitrogens is 2. The number of imidazole rings is 1. The summed E-state index contributed by atoms with van der Waals surface area (Å²) in [4.78, 5) is 4.25. The van der Waals surface area contributed by atoms with E-state index in [1.807, 2.05) is 6.92 Å². The first-order valence-corrected chi connectivity index (χ1v) is 13.8. The molecule has 0 amide bonds. The van der Waals surface area contributed by atoms with Crippen LogP contribution in [0.3, 0.4) is 0 Å². The first kappa shape index (κ1) is 28.8. The molecule has 0 radical (unpaired) electrons. The lowest BCUT2D eigenvalue weighted by Crippen LogP contribution is -2.46. The zero-order chi connectivity index (χ0) is 27.8. The molecule has 10 heteroatoms. The van der Waals surface area contributed by atoms with Crippen LogP contribution in [0.15, 0.2) is 57.9 Å². The van der Waals surface area contributed by atoms with E-state index in [1.54, 1.807) is 24.6 Å². The third-order valence-corrected chi connectivity index (χ3v) is 9.97. The molecule has 1 aliphatic carbocycles. The number of hydrogen-bond acceptors (Lipinski definition) is 5. The van der Waals surface area contributed by atoms with Crippen LogP contribution in [0.1, 0.15) is 51.9 Å². The van der Waals surface area contributed by atoms with E-state index in [0.717, 1.165) is 12.8 Å². The van der Waals surface area contributed by atoms with Crippen molar-refractivity contribution in [3.8, 4) is 0 Å². The van der Waals surface area contributed by atoms with Crippen molar-refractivity contribution >= 4 is 15.7 Å². The molecule has 2 unspecified atom stereocenters. The van der Waals surface area contributed by atoms with Crippen molar-refractivity contribution in [2.45, 2.75) is 52.5 Å². The van der Waals surface area contributed by atoms with Crippen LogP contribution in [0.4, 0.5) is 8.78 Å². The highest BCUT2D eigenvalue weighted by Gasteiger charge is 2.53. The number of rotatable bonds is 9. The molecule has 202 valence electrons. The average Bonchev–Trinajstić information content (AvgIpc) is 3.27. The lowest BCUT2D eigenvalue weighted by atomic mass is 9.64. The molecule has 1 fully saturated rings. The van der Waals surface area contributed by atoms with Gasteiger partial charge in [-0.05, 0) is 60.3 Å². The smallest absolute Gasteiger partial charge is 0.262 e. The second-order valence-corrected chi connectivity index (χ2v) is 12.4. The maximum absolute atomic E-state index is 14.5. The lowest BCUT2D eigenvalue weighted by molar-refractivity contribution is 0.0802. The van der Waals surface area contributed by atoms with Gasteiger partial charge >= 0.3 is 0 Å². The van der Waals surface area contributed by atoms with Gasteiger partial charge in [-0.3, -0.25) is 0 Å². The Morgan fingerprint density at radius 3 is 2.43 bits per heavy atom. The Morgan fingerprint density at radius 2 is 1.92 bits per heavy atom. The van der Waals surface area contributed by atoms with Gasteiger partial charge in [0, 0.05) is 33.4 Å². The normalized spacial score (nSPS) is 22.3. The third-order valence-electron chi connectivity index (χ3n) is 8.18. The van der Waals surface area contributed by atoms with Crippen LogP contribution < -0.4 is 0 Å². The molecule has 7 nitrogen and oxygen atoms in total. The molecule has 1 aliphatic rings. The van der Waals surface area contributed by atoms with Gasteiger partial charge in [0.1, 0.15) is 17.5 Å². The molecule has 2 atom stereocenters. The zero-order valence-corrected chi connectivity index (χ0v) is 23.5. The van der Waals surface area contributed by atoms with Crippen LogP contribution in [-0.2, 0) is 17.1 Å². The number of aryl methyl sites for hydroxylation is 2. The largest absolute Gasteiger partial charge is 0.337 e. The number of halogens is 2. The minimum absolute atomic E-state index is 0.0409. The predicted octanol–water partition coefficient (Wildman–Crippen LogP) is 6.14. The van der Waals surface area contributed by atoms with Gasteiger partial charge in [0.05, 0.1) is 11.3 Å². The van der Waals surface area contributed by atoms with Crippen molar-refractivity contribution in [3.05, 3.63) is 65.6 Å². The second-order valence-electron chi connectivity index (χ2n) is 10.5. The fourth-order valence-corrected chi connectivity index (χ4v) is 6.91. The number of nitrogens with zero attached hydrogens (tertiary/aromatic N) is 5. The summed E-state index contributed by atoms with van der Waals surface area (Å²) in [6.45, 7) is 14.7. The molecule has 1 heterocycles. The summed E-state index contributed by atoms with van der Waals surface area (Å²) >= 11 is 0. The van der Waals surface area contributed by atoms with Crippen molar-refractivity contribution in [1.82, 2.24) is 13.9 Å². The van der Waals surface area contributed by atoms with Crippen LogP contribution in [0, 0.1) is 35.3 Å². The number of benzene rings is 1. The van der Waals surface area contributed by atoms with E-state index in [4.69, 9.17) is 0 Å². The Morgan fingerprint density at radius 1 is 1.30 bits per heavy atom. The Kier molecular flexibility index (Phi) is 8.24. The Labute approximate surface area is 219 Å². The van der Waals surface area contributed by atoms with Crippen LogP contribution in [0.2, 0.25) is 0 Å². The van der Waals surface area contributed by atoms with Crippen molar-refractivity contribution < 1.29 is 17.2 Å². The minimum atomic E-state index is -3.78. The van der Waals surface area contributed by atoms with Crippen molar-refractivity contribution in [1.29, 1.82) is 0 Å². The van der Waals surface area contributed by atoms with Crippen molar-refractivity contribution in [3.63, 3.8) is 0 Å². The quantitative estimate of drug-likeness (QED) is 0.287. The zero-order valence-electron chi connectivity index (χ0n) is 22.7. The van der Waals surface area contributed by atoms with Gasteiger partial charge in [-0.2, -0.15) is 14.5 Å². The summed E-state index contributed by atoms with van der Waals surface area (Å²) < 4.78 is 59.1. The molecule has 0 spiro atoms. The average molecular weight is 534 g/mol. The summed E-state index contributed by atoms with van der Waals surface area (Å²) in [6.07, 6.45) is 4.63. The van der Waals surface area contributed by atoms with Gasteiger partial charge in [0.15, 0.2) is 5.03 Å². The van der Waals surface area contributed by atoms with E-state index >= 15 is 0 Å². The van der Waals surface area contributed by atoms with Gasteiger partial charge in [-0.25, -0.2) is 22.2 Å². The van der Waals surface area contributed by atoms with Crippen molar-refractivity contribution in [2.24, 2.45) is 34.0 Å². The van der Waals surface area contributed by atoms with Crippen LogP contribution in [-0.4, -0.2) is 42.4 Å². The fourth-order valence-electron chi connectivity index (χ4n) is 5.31. The van der Waals surface area contributed by atoms with Gasteiger partial charge < -0.3 is 4.57 Å². The van der Waals surface area contributed by atoms with Gasteiger partial charge in [0.2, 0.25) is 0 Å². The van der Waals surface area contributed by atoms with Gasteiger partial charge in [-0.1, -0.05) is 40.3 Å². The summed E-state index contributed by atoms with van der Waals surface area (Å²) in [6, 6.07) is 3.66. The Balaban J connectivity index is 1.93. The van der Waals surface area contributed by atoms with Crippen molar-refractivity contribution in [2.75, 3.05) is 20.1 Å². The standard InChI is InChI=1S/C27H37F2N5O2S/c1-9-34(37(35,36)24-16-33(8)19(3)31-24)17-27(6)14-13-20(26(27,4)5)18(2)15-23(32-30-7)25-21(28)11-10-12-22(25)29/h10-12,15-16,20H,2,9,13-14,17H2,1,3-8H3/b23-15-,32-30?. The highest BCUT2D eigenvalue weighted by atomic mass is 32.2. The van der Waals surface area contributed by atoms with Gasteiger partial charge in [-0.15, -0.1) is 0 Å². The Hall–Kier alpha value is -2.72. The number of azo groups is 1. The molecule has 3 rings (SSSR count). The summed E-state index contributed by atoms with van der Waals surface area (Å²) in [5.74, 6) is -0.893. The monoisotopic (exact) mass is 533 g/mol. The molecule has 2 aromatic rings. The van der Waals surface area contributed by atoms with Crippen LogP contribution in [0.25, 0.3) is 5.70 Å². The SMILES string of the molecule is C=C(/C=C(\N=NC)c1c(F)cccc1F)C1CCC(C)(CN(CC)S(=O)(=O)c2cn(C)c(C)n2)C1(C)C. The number of sulfonamides is 1. The molecule has 1 aromatic heterocycles. The number of hydrogen-bond donors (Lipinski definition) is 0. The number of allylic oxidation sites excluding steroid dienone is 2. The molecular formula is C27H37F2N5O2S. The molecule has 1 aromatic carbocycles. The van der Waals surface area contributed by atoms with E-state index in [9.17, 15) is 17.2 Å². The maximum atomic E-state index is 14.5. The third kappa shape index (κ3) is 5.31. The molecule has 37 heavy (non-hydrogen) atoms. The second kappa shape index (κ2) is 10.6. The first-order valence-electron chi connectivity index (χ1n) is 12.3. The van der Waals surface area contributed by atoms with E-state index < -0.39 is 27.1 Å². The molecular weight excluding hydrogens is 496 g/mol. The van der Waals surface area contributed by atoms with E-state index in [1.165, 1.54) is 35.7 Å². The fraction of sp³-hybridized carbons (Fsp3) is 0.519. The minimum Gasteiger partial charge on any atom is -0.337 e. The van der Waals surface area contributed by atoms with Gasteiger partial charge in [0.25, 0.3) is 10.0 Å². The molecule has 0 N–H and O–H groups in total.